The highest BCUT2D eigenvalue weighted by molar-refractivity contribution is 6.30. The number of aromatic nitrogens is 2. The van der Waals surface area contributed by atoms with Crippen molar-refractivity contribution in [1.82, 2.24) is 20.2 Å². The van der Waals surface area contributed by atoms with Crippen LogP contribution in [-0.4, -0.2) is 40.4 Å². The van der Waals surface area contributed by atoms with Gasteiger partial charge in [0.25, 0.3) is 5.91 Å². The number of halogens is 1. The number of likely N-dealkylation sites (tertiary alicyclic amines) is 1. The van der Waals surface area contributed by atoms with Gasteiger partial charge in [-0.25, -0.2) is 9.97 Å². The number of carbonyl (C=O) groups is 1. The minimum atomic E-state index is -0.120. The zero-order valence-electron chi connectivity index (χ0n) is 14.7. The van der Waals surface area contributed by atoms with Crippen LogP contribution < -0.4 is 5.32 Å². The second-order valence-corrected chi connectivity index (χ2v) is 7.56. The van der Waals surface area contributed by atoms with E-state index in [0.717, 1.165) is 36.8 Å². The third kappa shape index (κ3) is 4.05. The second kappa shape index (κ2) is 7.72. The molecular weight excluding hydrogens is 348 g/mol. The van der Waals surface area contributed by atoms with Gasteiger partial charge in [-0.3, -0.25) is 9.69 Å². The first-order valence-electron chi connectivity index (χ1n) is 9.30. The number of nitrogens with zero attached hydrogens (tertiary/aromatic N) is 3. The van der Waals surface area contributed by atoms with E-state index in [1.54, 1.807) is 12.4 Å². The lowest BCUT2D eigenvalue weighted by atomic mass is 10.1. The molecule has 5 nitrogen and oxygen atoms in total. The molecule has 136 valence electrons. The molecule has 1 aromatic carbocycles. The van der Waals surface area contributed by atoms with Gasteiger partial charge in [-0.1, -0.05) is 23.7 Å². The van der Waals surface area contributed by atoms with Crippen molar-refractivity contribution in [3.63, 3.8) is 0 Å². The summed E-state index contributed by atoms with van der Waals surface area (Å²) in [5.74, 6) is 1.24. The molecule has 2 aromatic rings. The Kier molecular flexibility index (Phi) is 5.18. The molecule has 0 radical (unpaired) electrons. The topological polar surface area (TPSA) is 58.1 Å². The van der Waals surface area contributed by atoms with Crippen LogP contribution >= 0.6 is 11.6 Å². The Morgan fingerprint density at radius 1 is 1.15 bits per heavy atom. The summed E-state index contributed by atoms with van der Waals surface area (Å²) in [5.41, 5.74) is 1.70. The first-order valence-corrected chi connectivity index (χ1v) is 9.68. The molecule has 2 aliphatic rings. The van der Waals surface area contributed by atoms with Crippen molar-refractivity contribution < 1.29 is 4.79 Å². The van der Waals surface area contributed by atoms with Gasteiger partial charge in [0.2, 0.25) is 0 Å². The normalized spacial score (nSPS) is 18.7. The zero-order valence-corrected chi connectivity index (χ0v) is 15.5. The van der Waals surface area contributed by atoms with Gasteiger partial charge >= 0.3 is 0 Å². The van der Waals surface area contributed by atoms with Crippen LogP contribution in [0.15, 0.2) is 36.7 Å². The molecule has 1 aromatic heterocycles. The molecule has 0 bridgehead atoms. The molecule has 1 atom stereocenters. The van der Waals surface area contributed by atoms with Crippen LogP contribution in [0.25, 0.3) is 0 Å². The molecule has 1 saturated carbocycles. The van der Waals surface area contributed by atoms with Crippen molar-refractivity contribution in [3.05, 3.63) is 58.6 Å². The monoisotopic (exact) mass is 370 g/mol. The second-order valence-electron chi connectivity index (χ2n) is 7.12. The van der Waals surface area contributed by atoms with E-state index in [1.165, 1.54) is 18.4 Å². The number of hydrogen-bond acceptors (Lipinski definition) is 4. The molecule has 0 spiro atoms. The molecule has 1 aliphatic carbocycles. The van der Waals surface area contributed by atoms with E-state index in [0.29, 0.717) is 18.0 Å². The lowest BCUT2D eigenvalue weighted by molar-refractivity contribution is 0.0937. The van der Waals surface area contributed by atoms with Crippen molar-refractivity contribution in [2.24, 2.45) is 0 Å². The van der Waals surface area contributed by atoms with Crippen LogP contribution in [0.2, 0.25) is 5.02 Å². The summed E-state index contributed by atoms with van der Waals surface area (Å²) in [6.45, 7) is 2.68. The summed E-state index contributed by atoms with van der Waals surface area (Å²) in [5, 5.41) is 3.79. The Morgan fingerprint density at radius 2 is 1.81 bits per heavy atom. The molecular formula is C20H23ClN4O. The molecule has 0 unspecified atom stereocenters. The molecule has 6 heteroatoms. The minimum Gasteiger partial charge on any atom is -0.350 e. The first-order chi connectivity index (χ1) is 12.7. The van der Waals surface area contributed by atoms with Gasteiger partial charge in [-0.05, 0) is 56.5 Å². The fourth-order valence-corrected chi connectivity index (χ4v) is 3.62. The van der Waals surface area contributed by atoms with Crippen LogP contribution in [-0.2, 0) is 0 Å². The fraction of sp³-hybridized carbons (Fsp3) is 0.450. The largest absolute Gasteiger partial charge is 0.350 e. The van der Waals surface area contributed by atoms with E-state index < -0.39 is 0 Å². The number of amides is 1. The lowest BCUT2D eigenvalue weighted by Gasteiger charge is -2.28. The molecule has 2 fully saturated rings. The summed E-state index contributed by atoms with van der Waals surface area (Å²) >= 11 is 6.03. The highest BCUT2D eigenvalue weighted by atomic mass is 35.5. The van der Waals surface area contributed by atoms with E-state index in [1.807, 2.05) is 24.3 Å². The molecule has 1 amide bonds. The highest BCUT2D eigenvalue weighted by Crippen LogP contribution is 2.37. The van der Waals surface area contributed by atoms with Gasteiger partial charge in [0.15, 0.2) is 0 Å². The molecule has 2 heterocycles. The Morgan fingerprint density at radius 3 is 2.42 bits per heavy atom. The summed E-state index contributed by atoms with van der Waals surface area (Å²) in [6, 6.07) is 8.07. The van der Waals surface area contributed by atoms with Gasteiger partial charge in [-0.15, -0.1) is 0 Å². The predicted molar refractivity (Wildman–Crippen MR) is 101 cm³/mol. The Labute approximate surface area is 158 Å². The van der Waals surface area contributed by atoms with E-state index in [-0.39, 0.29) is 11.9 Å². The highest BCUT2D eigenvalue weighted by Gasteiger charge is 2.27. The van der Waals surface area contributed by atoms with Gasteiger partial charge in [0.1, 0.15) is 5.82 Å². The Hall–Kier alpha value is -1.98. The van der Waals surface area contributed by atoms with Crippen molar-refractivity contribution in [1.29, 1.82) is 0 Å². The summed E-state index contributed by atoms with van der Waals surface area (Å²) in [6.07, 6.45) is 8.00. The number of hydrogen-bond donors (Lipinski definition) is 1. The van der Waals surface area contributed by atoms with Crippen LogP contribution in [0.5, 0.6) is 0 Å². The number of rotatable bonds is 6. The smallest absolute Gasteiger partial charge is 0.254 e. The third-order valence-corrected chi connectivity index (χ3v) is 5.42. The number of nitrogens with one attached hydrogen (secondary N) is 1. The summed E-state index contributed by atoms with van der Waals surface area (Å²) in [4.78, 5) is 23.6. The number of benzene rings is 1. The maximum Gasteiger partial charge on any atom is 0.254 e. The average molecular weight is 371 g/mol. The predicted octanol–water partition coefficient (Wildman–Crippen LogP) is 3.57. The van der Waals surface area contributed by atoms with E-state index in [2.05, 4.69) is 20.2 Å². The minimum absolute atomic E-state index is 0.120. The van der Waals surface area contributed by atoms with E-state index in [9.17, 15) is 4.79 Å². The Bertz CT molecular complexity index is 752. The maximum atomic E-state index is 12.5. The van der Waals surface area contributed by atoms with Crippen LogP contribution in [0.1, 0.15) is 59.4 Å². The van der Waals surface area contributed by atoms with Crippen LogP contribution in [0.4, 0.5) is 0 Å². The molecule has 4 rings (SSSR count). The lowest BCUT2D eigenvalue weighted by Crippen LogP contribution is -2.36. The maximum absolute atomic E-state index is 12.5. The van der Waals surface area contributed by atoms with Crippen molar-refractivity contribution >= 4 is 17.5 Å². The molecule has 1 aliphatic heterocycles. The quantitative estimate of drug-likeness (QED) is 0.844. The zero-order chi connectivity index (χ0) is 17.9. The third-order valence-electron chi connectivity index (χ3n) is 5.17. The van der Waals surface area contributed by atoms with E-state index in [4.69, 9.17) is 11.6 Å². The standard InChI is InChI=1S/C20H23ClN4O/c21-17-7-5-14(6-8-17)18(25-9-1-2-10-25)13-24-20(26)16-11-22-19(23-12-16)15-3-4-15/h5-8,11-12,15,18H,1-4,9-10,13H2,(H,24,26)/t18-/m1/s1. The first kappa shape index (κ1) is 17.4. The number of carbonyl (C=O) groups excluding carboxylic acids is 1. The van der Waals surface area contributed by atoms with Crippen LogP contribution in [0.3, 0.4) is 0 Å². The average Bonchev–Trinajstić information content (AvgIpc) is 3.39. The van der Waals surface area contributed by atoms with Gasteiger partial charge in [-0.2, -0.15) is 0 Å². The molecule has 1 N–H and O–H groups in total. The fourth-order valence-electron chi connectivity index (χ4n) is 3.50. The summed E-state index contributed by atoms with van der Waals surface area (Å²) in [7, 11) is 0. The van der Waals surface area contributed by atoms with Crippen molar-refractivity contribution in [3.8, 4) is 0 Å². The van der Waals surface area contributed by atoms with E-state index >= 15 is 0 Å². The van der Waals surface area contributed by atoms with Gasteiger partial charge < -0.3 is 5.32 Å². The SMILES string of the molecule is O=C(NC[C@H](c1ccc(Cl)cc1)N1CCCC1)c1cnc(C2CC2)nc1. The molecule has 26 heavy (non-hydrogen) atoms. The van der Waals surface area contributed by atoms with Crippen molar-refractivity contribution in [2.45, 2.75) is 37.6 Å². The summed E-state index contributed by atoms with van der Waals surface area (Å²) < 4.78 is 0. The van der Waals surface area contributed by atoms with Crippen molar-refractivity contribution in [2.75, 3.05) is 19.6 Å². The van der Waals surface area contributed by atoms with Crippen LogP contribution in [0, 0.1) is 0 Å². The molecule has 1 saturated heterocycles. The Balaban J connectivity index is 1.43. The van der Waals surface area contributed by atoms with Gasteiger partial charge in [0, 0.05) is 29.9 Å². The van der Waals surface area contributed by atoms with Gasteiger partial charge in [0.05, 0.1) is 11.6 Å².